The molecule has 18 heavy (non-hydrogen) atoms. The summed E-state index contributed by atoms with van der Waals surface area (Å²) in [6.07, 6.45) is 5.27. The number of rotatable bonds is 5. The molecule has 1 N–H and O–H groups in total. The monoisotopic (exact) mass is 263 g/mol. The van der Waals surface area contributed by atoms with E-state index >= 15 is 0 Å². The van der Waals surface area contributed by atoms with Crippen LogP contribution >= 0.6 is 11.8 Å². The maximum Gasteiger partial charge on any atom is 0.0206 e. The number of nitrogens with one attached hydrogen (secondary N) is 1. The summed E-state index contributed by atoms with van der Waals surface area (Å²) >= 11 is 2.17. The molecule has 0 radical (unpaired) electrons. The standard InChI is InChI=1S/C16H25NS/c1-3-11-18-16-12-14(9-10-15(16)17-2)13-7-5-4-6-8-13/h4-8,14-17H,3,9-12H2,1-2H3. The van der Waals surface area contributed by atoms with Crippen LogP contribution < -0.4 is 5.32 Å². The first-order valence-electron chi connectivity index (χ1n) is 7.19. The van der Waals surface area contributed by atoms with Gasteiger partial charge in [-0.05, 0) is 50.0 Å². The molecule has 0 aromatic heterocycles. The van der Waals surface area contributed by atoms with E-state index in [0.29, 0.717) is 6.04 Å². The van der Waals surface area contributed by atoms with E-state index in [1.807, 2.05) is 0 Å². The van der Waals surface area contributed by atoms with Gasteiger partial charge in [-0.15, -0.1) is 0 Å². The fourth-order valence-corrected chi connectivity index (χ4v) is 4.35. The SMILES string of the molecule is CCCSC1CC(c2ccccc2)CCC1NC. The summed E-state index contributed by atoms with van der Waals surface area (Å²) in [4.78, 5) is 0. The number of hydrogen-bond donors (Lipinski definition) is 1. The van der Waals surface area contributed by atoms with Crippen LogP contribution in [0.15, 0.2) is 30.3 Å². The zero-order valence-corrected chi connectivity index (χ0v) is 12.4. The molecule has 3 unspecified atom stereocenters. The summed E-state index contributed by atoms with van der Waals surface area (Å²) in [5.74, 6) is 2.06. The lowest BCUT2D eigenvalue weighted by Gasteiger charge is -2.36. The minimum atomic E-state index is 0.710. The van der Waals surface area contributed by atoms with Gasteiger partial charge in [-0.25, -0.2) is 0 Å². The van der Waals surface area contributed by atoms with Crippen LogP contribution in [0.3, 0.4) is 0 Å². The Kier molecular flexibility index (Phi) is 5.58. The first-order chi connectivity index (χ1) is 8.85. The molecule has 100 valence electrons. The van der Waals surface area contributed by atoms with Gasteiger partial charge in [0.1, 0.15) is 0 Å². The van der Waals surface area contributed by atoms with E-state index in [-0.39, 0.29) is 0 Å². The van der Waals surface area contributed by atoms with E-state index in [1.165, 1.54) is 37.0 Å². The molecule has 0 aliphatic heterocycles. The largest absolute Gasteiger partial charge is 0.316 e. The smallest absolute Gasteiger partial charge is 0.0206 e. The van der Waals surface area contributed by atoms with Crippen molar-refractivity contribution in [2.45, 2.75) is 49.8 Å². The van der Waals surface area contributed by atoms with Crippen molar-refractivity contribution in [2.24, 2.45) is 0 Å². The summed E-state index contributed by atoms with van der Waals surface area (Å²) < 4.78 is 0. The third-order valence-corrected chi connectivity index (χ3v) is 5.56. The van der Waals surface area contributed by atoms with Crippen molar-refractivity contribution in [3.63, 3.8) is 0 Å². The van der Waals surface area contributed by atoms with Crippen LogP contribution in [0, 0.1) is 0 Å². The first kappa shape index (κ1) is 14.0. The van der Waals surface area contributed by atoms with Gasteiger partial charge in [0.15, 0.2) is 0 Å². The molecule has 1 aliphatic rings. The highest BCUT2D eigenvalue weighted by Crippen LogP contribution is 2.38. The molecule has 1 aliphatic carbocycles. The second-order valence-corrected chi connectivity index (χ2v) is 6.57. The first-order valence-corrected chi connectivity index (χ1v) is 8.23. The van der Waals surface area contributed by atoms with E-state index in [9.17, 15) is 0 Å². The maximum atomic E-state index is 3.51. The highest BCUT2D eigenvalue weighted by molar-refractivity contribution is 7.99. The molecular weight excluding hydrogens is 238 g/mol. The Bertz CT molecular complexity index is 338. The van der Waals surface area contributed by atoms with Crippen molar-refractivity contribution in [1.82, 2.24) is 5.32 Å². The van der Waals surface area contributed by atoms with E-state index in [4.69, 9.17) is 0 Å². The molecular formula is C16H25NS. The van der Waals surface area contributed by atoms with Gasteiger partial charge in [-0.3, -0.25) is 0 Å². The lowest BCUT2D eigenvalue weighted by atomic mass is 9.81. The van der Waals surface area contributed by atoms with Crippen molar-refractivity contribution in [3.8, 4) is 0 Å². The van der Waals surface area contributed by atoms with Crippen LogP contribution in [0.2, 0.25) is 0 Å². The third-order valence-electron chi connectivity index (χ3n) is 3.97. The van der Waals surface area contributed by atoms with Crippen molar-refractivity contribution in [3.05, 3.63) is 35.9 Å². The lowest BCUT2D eigenvalue weighted by Crippen LogP contribution is -2.40. The van der Waals surface area contributed by atoms with Gasteiger partial charge in [0.25, 0.3) is 0 Å². The minimum absolute atomic E-state index is 0.710. The van der Waals surface area contributed by atoms with Crippen molar-refractivity contribution in [1.29, 1.82) is 0 Å². The van der Waals surface area contributed by atoms with Crippen LogP contribution in [-0.2, 0) is 0 Å². The van der Waals surface area contributed by atoms with E-state index in [1.54, 1.807) is 0 Å². The molecule has 1 saturated carbocycles. The van der Waals surface area contributed by atoms with E-state index in [2.05, 4.69) is 61.4 Å². The summed E-state index contributed by atoms with van der Waals surface area (Å²) in [6.45, 7) is 2.28. The zero-order valence-electron chi connectivity index (χ0n) is 11.6. The number of benzene rings is 1. The van der Waals surface area contributed by atoms with Crippen molar-refractivity contribution >= 4 is 11.8 Å². The average molecular weight is 263 g/mol. The molecule has 0 bridgehead atoms. The summed E-state index contributed by atoms with van der Waals surface area (Å²) in [5.41, 5.74) is 1.54. The number of thioether (sulfide) groups is 1. The molecule has 2 rings (SSSR count). The molecule has 1 nitrogen and oxygen atoms in total. The lowest BCUT2D eigenvalue weighted by molar-refractivity contribution is 0.369. The van der Waals surface area contributed by atoms with Gasteiger partial charge in [-0.1, -0.05) is 37.3 Å². The zero-order chi connectivity index (χ0) is 12.8. The molecule has 2 heteroatoms. The second kappa shape index (κ2) is 7.20. The molecule has 1 aromatic carbocycles. The molecule has 0 heterocycles. The highest BCUT2D eigenvalue weighted by Gasteiger charge is 2.30. The summed E-state index contributed by atoms with van der Waals surface area (Å²) in [6, 6.07) is 11.8. The average Bonchev–Trinajstić information content (AvgIpc) is 2.45. The van der Waals surface area contributed by atoms with Gasteiger partial charge in [0, 0.05) is 11.3 Å². The van der Waals surface area contributed by atoms with Crippen LogP contribution in [0.25, 0.3) is 0 Å². The summed E-state index contributed by atoms with van der Waals surface area (Å²) in [7, 11) is 2.12. The Hall–Kier alpha value is -0.470. The quantitative estimate of drug-likeness (QED) is 0.860. The molecule has 1 fully saturated rings. The van der Waals surface area contributed by atoms with Gasteiger partial charge in [0.05, 0.1) is 0 Å². The minimum Gasteiger partial charge on any atom is -0.316 e. The summed E-state index contributed by atoms with van der Waals surface area (Å²) in [5, 5.41) is 4.30. The Morgan fingerprint density at radius 3 is 2.67 bits per heavy atom. The Morgan fingerprint density at radius 1 is 1.22 bits per heavy atom. The van der Waals surface area contributed by atoms with Crippen molar-refractivity contribution < 1.29 is 0 Å². The normalized spacial score (nSPS) is 28.2. The fourth-order valence-electron chi connectivity index (χ4n) is 2.94. The molecule has 1 aromatic rings. The topological polar surface area (TPSA) is 12.0 Å². The van der Waals surface area contributed by atoms with Crippen LogP contribution in [0.1, 0.15) is 44.1 Å². The van der Waals surface area contributed by atoms with Crippen LogP contribution in [-0.4, -0.2) is 24.1 Å². The Balaban J connectivity index is 2.00. The van der Waals surface area contributed by atoms with Gasteiger partial charge < -0.3 is 5.32 Å². The predicted octanol–water partition coefficient (Wildman–Crippen LogP) is 4.05. The van der Waals surface area contributed by atoms with Gasteiger partial charge >= 0.3 is 0 Å². The highest BCUT2D eigenvalue weighted by atomic mass is 32.2. The molecule has 0 amide bonds. The molecule has 0 saturated heterocycles. The fraction of sp³-hybridized carbons (Fsp3) is 0.625. The number of hydrogen-bond acceptors (Lipinski definition) is 2. The second-order valence-electron chi connectivity index (χ2n) is 5.23. The van der Waals surface area contributed by atoms with Crippen LogP contribution in [0.5, 0.6) is 0 Å². The molecule has 3 atom stereocenters. The Morgan fingerprint density at radius 2 is 2.00 bits per heavy atom. The van der Waals surface area contributed by atoms with Gasteiger partial charge in [-0.2, -0.15) is 11.8 Å². The van der Waals surface area contributed by atoms with Crippen LogP contribution in [0.4, 0.5) is 0 Å². The third kappa shape index (κ3) is 3.52. The van der Waals surface area contributed by atoms with Gasteiger partial charge in [0.2, 0.25) is 0 Å². The van der Waals surface area contributed by atoms with Crippen molar-refractivity contribution in [2.75, 3.05) is 12.8 Å². The van der Waals surface area contributed by atoms with E-state index < -0.39 is 0 Å². The van der Waals surface area contributed by atoms with E-state index in [0.717, 1.165) is 11.2 Å². The Labute approximate surface area is 116 Å². The maximum absolute atomic E-state index is 3.51. The molecule has 0 spiro atoms. The predicted molar refractivity (Wildman–Crippen MR) is 82.4 cm³/mol.